The van der Waals surface area contributed by atoms with E-state index in [1.54, 1.807) is 0 Å². The molecule has 0 saturated carbocycles. The maximum atomic E-state index is 9.85. The predicted octanol–water partition coefficient (Wildman–Crippen LogP) is 6.36. The van der Waals surface area contributed by atoms with E-state index in [0.717, 1.165) is 33.4 Å². The molecule has 0 unspecified atom stereocenters. The number of fused-ring (bicyclic) bond motifs is 1. The second kappa shape index (κ2) is 9.45. The third kappa shape index (κ3) is 4.51. The number of allylic oxidation sites excluding steroid dienone is 1. The van der Waals surface area contributed by atoms with E-state index in [1.807, 2.05) is 91.0 Å². The van der Waals surface area contributed by atoms with Crippen LogP contribution in [-0.2, 0) is 0 Å². The summed E-state index contributed by atoms with van der Waals surface area (Å²) in [5.41, 5.74) is 2.38. The van der Waals surface area contributed by atoms with Crippen molar-refractivity contribution in [1.29, 1.82) is 5.26 Å². The third-order valence-electron chi connectivity index (χ3n) is 4.77. The number of nitriles is 1. The summed E-state index contributed by atoms with van der Waals surface area (Å²) in [6.07, 6.45) is 1.88. The van der Waals surface area contributed by atoms with Crippen LogP contribution >= 0.6 is 0 Å². The molecule has 0 heterocycles. The van der Waals surface area contributed by atoms with E-state index in [9.17, 15) is 5.26 Å². The van der Waals surface area contributed by atoms with Gasteiger partial charge in [0, 0.05) is 11.1 Å². The fraction of sp³-hybridized carbons (Fsp3) is 0.0741. The molecule has 0 saturated heterocycles. The Kier molecular flexibility index (Phi) is 6.08. The zero-order valence-corrected chi connectivity index (χ0v) is 16.5. The number of hydrogen-bond acceptors (Lipinski definition) is 3. The molecule has 30 heavy (non-hydrogen) atoms. The molecule has 0 bridgehead atoms. The third-order valence-corrected chi connectivity index (χ3v) is 4.77. The molecular formula is C27H21NO2. The second-order valence-electron chi connectivity index (χ2n) is 6.74. The minimum Gasteiger partial charge on any atom is -0.490 e. The molecule has 0 aliphatic carbocycles. The van der Waals surface area contributed by atoms with Crippen molar-refractivity contribution in [3.63, 3.8) is 0 Å². The average molecular weight is 391 g/mol. The van der Waals surface area contributed by atoms with Gasteiger partial charge in [0.1, 0.15) is 24.7 Å². The first-order valence-corrected chi connectivity index (χ1v) is 9.85. The van der Waals surface area contributed by atoms with Crippen molar-refractivity contribution >= 4 is 22.4 Å². The Morgan fingerprint density at radius 1 is 0.733 bits per heavy atom. The SMILES string of the molecule is N#C/C(=C/c1ccccc1OCCOc1ccccc1)c1cccc2ccccc12. The number of ether oxygens (including phenoxy) is 2. The molecule has 0 N–H and O–H groups in total. The number of hydrogen-bond donors (Lipinski definition) is 0. The molecule has 0 radical (unpaired) electrons. The van der Waals surface area contributed by atoms with Gasteiger partial charge in [0.05, 0.1) is 11.6 Å². The summed E-state index contributed by atoms with van der Waals surface area (Å²) in [5, 5.41) is 12.0. The Balaban J connectivity index is 1.55. The number of para-hydroxylation sites is 2. The van der Waals surface area contributed by atoms with Gasteiger partial charge in [-0.1, -0.05) is 78.9 Å². The molecule has 0 aliphatic rings. The number of benzene rings is 4. The lowest BCUT2D eigenvalue weighted by Gasteiger charge is -2.11. The van der Waals surface area contributed by atoms with Gasteiger partial charge in [-0.05, 0) is 35.0 Å². The predicted molar refractivity (Wildman–Crippen MR) is 121 cm³/mol. The van der Waals surface area contributed by atoms with Gasteiger partial charge in [-0.25, -0.2) is 0 Å². The summed E-state index contributed by atoms with van der Waals surface area (Å²) in [5.74, 6) is 1.54. The lowest BCUT2D eigenvalue weighted by atomic mass is 9.97. The second-order valence-corrected chi connectivity index (χ2v) is 6.74. The van der Waals surface area contributed by atoms with E-state index in [2.05, 4.69) is 18.2 Å². The molecule has 3 nitrogen and oxygen atoms in total. The fourth-order valence-corrected chi connectivity index (χ4v) is 3.35. The standard InChI is InChI=1S/C27H21NO2/c28-20-23(26-15-8-11-21-9-4-6-14-25(21)26)19-22-10-5-7-16-27(22)30-18-17-29-24-12-2-1-3-13-24/h1-16,19H,17-18H2/b23-19-. The van der Waals surface area contributed by atoms with Crippen LogP contribution in [0.5, 0.6) is 11.5 Å². The molecule has 3 heteroatoms. The van der Waals surface area contributed by atoms with Gasteiger partial charge >= 0.3 is 0 Å². The minimum absolute atomic E-state index is 0.413. The summed E-state index contributed by atoms with van der Waals surface area (Å²) in [6.45, 7) is 0.854. The first-order valence-electron chi connectivity index (χ1n) is 9.85. The van der Waals surface area contributed by atoms with Crippen LogP contribution in [0.25, 0.3) is 22.4 Å². The molecule has 0 amide bonds. The maximum Gasteiger partial charge on any atom is 0.126 e. The van der Waals surface area contributed by atoms with Crippen LogP contribution < -0.4 is 9.47 Å². The van der Waals surface area contributed by atoms with Crippen LogP contribution in [0.15, 0.2) is 97.1 Å². The van der Waals surface area contributed by atoms with Crippen LogP contribution in [0, 0.1) is 11.3 Å². The summed E-state index contributed by atoms with van der Waals surface area (Å²) in [4.78, 5) is 0. The molecule has 4 aromatic rings. The van der Waals surface area contributed by atoms with E-state index in [4.69, 9.17) is 9.47 Å². The van der Waals surface area contributed by atoms with E-state index in [1.165, 1.54) is 0 Å². The summed E-state index contributed by atoms with van der Waals surface area (Å²) >= 11 is 0. The average Bonchev–Trinajstić information content (AvgIpc) is 2.81. The zero-order valence-electron chi connectivity index (χ0n) is 16.5. The maximum absolute atomic E-state index is 9.85. The van der Waals surface area contributed by atoms with E-state index in [-0.39, 0.29) is 0 Å². The Hall–Kier alpha value is -4.03. The Morgan fingerprint density at radius 3 is 2.30 bits per heavy atom. The highest BCUT2D eigenvalue weighted by Crippen LogP contribution is 2.29. The van der Waals surface area contributed by atoms with Crippen LogP contribution in [0.1, 0.15) is 11.1 Å². The highest BCUT2D eigenvalue weighted by molar-refractivity contribution is 6.02. The van der Waals surface area contributed by atoms with Crippen molar-refractivity contribution in [2.75, 3.05) is 13.2 Å². The van der Waals surface area contributed by atoms with E-state index in [0.29, 0.717) is 18.8 Å². The highest BCUT2D eigenvalue weighted by atomic mass is 16.5. The molecular weight excluding hydrogens is 370 g/mol. The van der Waals surface area contributed by atoms with Gasteiger partial charge in [-0.3, -0.25) is 0 Å². The number of nitrogens with zero attached hydrogens (tertiary/aromatic N) is 1. The molecule has 4 aromatic carbocycles. The summed E-state index contributed by atoms with van der Waals surface area (Å²) in [6, 6.07) is 33.8. The molecule has 0 aliphatic heterocycles. The van der Waals surface area contributed by atoms with E-state index < -0.39 is 0 Å². The topological polar surface area (TPSA) is 42.2 Å². The highest BCUT2D eigenvalue weighted by Gasteiger charge is 2.08. The molecule has 4 rings (SSSR count). The van der Waals surface area contributed by atoms with Crippen LogP contribution in [0.2, 0.25) is 0 Å². The lowest BCUT2D eigenvalue weighted by Crippen LogP contribution is -2.09. The van der Waals surface area contributed by atoms with Crippen LogP contribution in [0.4, 0.5) is 0 Å². The molecule has 146 valence electrons. The molecule has 0 spiro atoms. The normalized spacial score (nSPS) is 11.1. The molecule has 0 aromatic heterocycles. The van der Waals surface area contributed by atoms with Crippen molar-refractivity contribution in [3.05, 3.63) is 108 Å². The largest absolute Gasteiger partial charge is 0.490 e. The molecule has 0 fully saturated rings. The quantitative estimate of drug-likeness (QED) is 0.209. The van der Waals surface area contributed by atoms with Crippen molar-refractivity contribution in [2.24, 2.45) is 0 Å². The smallest absolute Gasteiger partial charge is 0.126 e. The fourth-order valence-electron chi connectivity index (χ4n) is 3.35. The Bertz CT molecular complexity index is 1200. The van der Waals surface area contributed by atoms with Crippen LogP contribution in [0.3, 0.4) is 0 Å². The van der Waals surface area contributed by atoms with Gasteiger partial charge in [-0.15, -0.1) is 0 Å². The van der Waals surface area contributed by atoms with Crippen molar-refractivity contribution in [1.82, 2.24) is 0 Å². The van der Waals surface area contributed by atoms with Crippen molar-refractivity contribution in [3.8, 4) is 17.6 Å². The lowest BCUT2D eigenvalue weighted by molar-refractivity contribution is 0.217. The van der Waals surface area contributed by atoms with Gasteiger partial charge in [-0.2, -0.15) is 5.26 Å². The van der Waals surface area contributed by atoms with Crippen molar-refractivity contribution in [2.45, 2.75) is 0 Å². The summed E-state index contributed by atoms with van der Waals surface area (Å²) < 4.78 is 11.6. The first-order chi connectivity index (χ1) is 14.8. The van der Waals surface area contributed by atoms with Gasteiger partial charge < -0.3 is 9.47 Å². The number of rotatable bonds is 7. The zero-order chi connectivity index (χ0) is 20.6. The minimum atomic E-state index is 0.413. The summed E-state index contributed by atoms with van der Waals surface area (Å²) in [7, 11) is 0. The van der Waals surface area contributed by atoms with Gasteiger partial charge in [0.25, 0.3) is 0 Å². The van der Waals surface area contributed by atoms with Gasteiger partial charge in [0.2, 0.25) is 0 Å². The monoisotopic (exact) mass is 391 g/mol. The van der Waals surface area contributed by atoms with Crippen molar-refractivity contribution < 1.29 is 9.47 Å². The van der Waals surface area contributed by atoms with E-state index >= 15 is 0 Å². The van der Waals surface area contributed by atoms with Gasteiger partial charge in [0.15, 0.2) is 0 Å². The van der Waals surface area contributed by atoms with Crippen LogP contribution in [-0.4, -0.2) is 13.2 Å². The molecule has 0 atom stereocenters. The first kappa shape index (κ1) is 19.3. The Labute approximate surface area is 176 Å². The Morgan fingerprint density at radius 2 is 1.43 bits per heavy atom.